The highest BCUT2D eigenvalue weighted by Gasteiger charge is 2.47. The first-order valence-corrected chi connectivity index (χ1v) is 14.7. The molecule has 38 heavy (non-hydrogen) atoms. The Morgan fingerprint density at radius 1 is 1.11 bits per heavy atom. The summed E-state index contributed by atoms with van der Waals surface area (Å²) in [6.07, 6.45) is 1.05. The molecule has 0 aliphatic carbocycles. The van der Waals surface area contributed by atoms with E-state index in [1.54, 1.807) is 38.7 Å². The lowest BCUT2D eigenvalue weighted by atomic mass is 9.85. The number of aliphatic carboxylic acids is 1. The molecule has 0 saturated carbocycles. The van der Waals surface area contributed by atoms with Crippen molar-refractivity contribution < 1.29 is 33.2 Å². The van der Waals surface area contributed by atoms with Crippen molar-refractivity contribution in [2.75, 3.05) is 19.8 Å². The molecular formula is C27H41N2O8P. The third-order valence-electron chi connectivity index (χ3n) is 6.67. The second kappa shape index (κ2) is 14.0. The number of nitrogens with zero attached hydrogens (tertiary/aromatic N) is 2. The molecule has 1 aliphatic heterocycles. The molecule has 0 saturated heterocycles. The van der Waals surface area contributed by atoms with Gasteiger partial charge in [-0.2, -0.15) is 0 Å². The van der Waals surface area contributed by atoms with E-state index in [0.29, 0.717) is 49.6 Å². The van der Waals surface area contributed by atoms with Crippen molar-refractivity contribution in [3.8, 4) is 0 Å². The van der Waals surface area contributed by atoms with E-state index in [9.17, 15) is 24.6 Å². The first-order valence-electron chi connectivity index (χ1n) is 13.1. The van der Waals surface area contributed by atoms with Gasteiger partial charge in [-0.3, -0.25) is 14.7 Å². The van der Waals surface area contributed by atoms with Crippen LogP contribution in [0, 0.1) is 10.1 Å². The lowest BCUT2D eigenvalue weighted by molar-refractivity contribution is -0.384. The van der Waals surface area contributed by atoms with E-state index in [1.807, 2.05) is 20.8 Å². The van der Waals surface area contributed by atoms with Gasteiger partial charge in [-0.05, 0) is 52.5 Å². The van der Waals surface area contributed by atoms with Crippen LogP contribution in [0.15, 0.2) is 46.5 Å². The summed E-state index contributed by atoms with van der Waals surface area (Å²) in [5.41, 5.74) is 1.06. The maximum Gasteiger partial charge on any atom is 0.360 e. The Morgan fingerprint density at radius 3 is 2.21 bits per heavy atom. The molecule has 0 radical (unpaired) electrons. The van der Waals surface area contributed by atoms with Crippen molar-refractivity contribution in [2.45, 2.75) is 85.9 Å². The second-order valence-electron chi connectivity index (χ2n) is 9.47. The average molecular weight is 553 g/mol. The van der Waals surface area contributed by atoms with Gasteiger partial charge >= 0.3 is 13.6 Å². The summed E-state index contributed by atoms with van der Waals surface area (Å²) in [4.78, 5) is 25.6. The summed E-state index contributed by atoms with van der Waals surface area (Å²) < 4.78 is 32.7. The van der Waals surface area contributed by atoms with E-state index in [0.717, 1.165) is 6.42 Å². The minimum Gasteiger partial charge on any atom is -0.478 e. The first-order chi connectivity index (χ1) is 17.9. The fourth-order valence-electron chi connectivity index (χ4n) is 4.37. The maximum absolute atomic E-state index is 14.8. The zero-order valence-corrected chi connectivity index (χ0v) is 24.3. The number of carbonyl (C=O) groups is 1. The molecule has 1 aliphatic rings. The summed E-state index contributed by atoms with van der Waals surface area (Å²) in [7, 11) is -4.11. The topological polar surface area (TPSA) is 128 Å². The standard InChI is InChI=1S/C27H41N2O8P/c1-8-15-35-16-14-28-20(6)24(27(30)31)25(22-12-11-13-23(17-22)29(32)33)26(21(28)7)38(34,36-18(4)9-2)37-19(5)10-3/h11-13,17-19,25H,8-10,14-16H2,1-7H3,(H,30,31). The molecule has 2 rings (SSSR count). The number of carboxylic acid groups (broad SMARTS) is 1. The summed E-state index contributed by atoms with van der Waals surface area (Å²) in [5, 5.41) is 22.2. The molecule has 10 nitrogen and oxygen atoms in total. The molecule has 11 heteroatoms. The monoisotopic (exact) mass is 552 g/mol. The van der Waals surface area contributed by atoms with Gasteiger partial charge in [0.2, 0.25) is 0 Å². The highest BCUT2D eigenvalue weighted by atomic mass is 31.2. The lowest BCUT2D eigenvalue weighted by Gasteiger charge is -2.40. The largest absolute Gasteiger partial charge is 0.478 e. The Bertz CT molecular complexity index is 1100. The van der Waals surface area contributed by atoms with Gasteiger partial charge in [0.05, 0.1) is 40.5 Å². The first kappa shape index (κ1) is 31.7. The number of carboxylic acids is 1. The Hall–Kier alpha value is -2.52. The molecule has 0 amide bonds. The third-order valence-corrected chi connectivity index (χ3v) is 9.11. The van der Waals surface area contributed by atoms with Crippen molar-refractivity contribution in [1.82, 2.24) is 4.90 Å². The van der Waals surface area contributed by atoms with Crippen molar-refractivity contribution >= 4 is 19.3 Å². The van der Waals surface area contributed by atoms with E-state index >= 15 is 0 Å². The SMILES string of the molecule is CCCOCCN1C(C)=C(C(=O)O)C(c2cccc([N+](=O)[O-])c2)C(P(=O)(OC(C)CC)OC(C)CC)=C1C. The number of hydrogen-bond donors (Lipinski definition) is 1. The van der Waals surface area contributed by atoms with E-state index in [1.165, 1.54) is 18.2 Å². The van der Waals surface area contributed by atoms with Crippen LogP contribution in [-0.4, -0.2) is 52.9 Å². The molecule has 1 N–H and O–H groups in total. The number of non-ortho nitro benzene ring substituents is 1. The molecule has 212 valence electrons. The maximum atomic E-state index is 14.8. The molecule has 0 fully saturated rings. The fraction of sp³-hybridized carbons (Fsp3) is 0.593. The number of allylic oxidation sites excluding steroid dienone is 3. The van der Waals surface area contributed by atoms with Gasteiger partial charge in [-0.15, -0.1) is 0 Å². The van der Waals surface area contributed by atoms with Gasteiger partial charge in [0.1, 0.15) is 0 Å². The number of ether oxygens (including phenoxy) is 1. The van der Waals surface area contributed by atoms with Crippen LogP contribution in [0.5, 0.6) is 0 Å². The van der Waals surface area contributed by atoms with Gasteiger partial charge in [0.15, 0.2) is 0 Å². The predicted molar refractivity (Wildman–Crippen MR) is 146 cm³/mol. The zero-order chi connectivity index (χ0) is 28.6. The van der Waals surface area contributed by atoms with Gasteiger partial charge in [-0.1, -0.05) is 32.9 Å². The van der Waals surface area contributed by atoms with Crippen LogP contribution in [0.25, 0.3) is 0 Å². The summed E-state index contributed by atoms with van der Waals surface area (Å²) in [5.74, 6) is -2.30. The smallest absolute Gasteiger partial charge is 0.360 e. The molecule has 3 atom stereocenters. The second-order valence-corrected chi connectivity index (χ2v) is 11.4. The minimum absolute atomic E-state index is 0.0395. The van der Waals surface area contributed by atoms with Crippen LogP contribution < -0.4 is 0 Å². The molecule has 1 aromatic rings. The quantitative estimate of drug-likeness (QED) is 0.108. The van der Waals surface area contributed by atoms with Crippen LogP contribution in [0.1, 0.15) is 79.2 Å². The summed E-state index contributed by atoms with van der Waals surface area (Å²) in [6.45, 7) is 14.0. The lowest BCUT2D eigenvalue weighted by Crippen LogP contribution is -2.35. The summed E-state index contributed by atoms with van der Waals surface area (Å²) in [6, 6.07) is 5.76. The van der Waals surface area contributed by atoms with Crippen LogP contribution in [0.2, 0.25) is 0 Å². The molecular weight excluding hydrogens is 511 g/mol. The van der Waals surface area contributed by atoms with Crippen LogP contribution in [-0.2, 0) is 23.1 Å². The molecule has 1 heterocycles. The van der Waals surface area contributed by atoms with E-state index in [-0.39, 0.29) is 16.6 Å². The number of rotatable bonds is 15. The number of benzene rings is 1. The Kier molecular flexibility index (Phi) is 11.7. The number of hydrogen-bond acceptors (Lipinski definition) is 8. The van der Waals surface area contributed by atoms with Crippen molar-refractivity contribution in [1.29, 1.82) is 0 Å². The van der Waals surface area contributed by atoms with Crippen molar-refractivity contribution in [2.24, 2.45) is 0 Å². The predicted octanol–water partition coefficient (Wildman–Crippen LogP) is 6.83. The van der Waals surface area contributed by atoms with E-state index in [4.69, 9.17) is 13.8 Å². The highest BCUT2D eigenvalue weighted by Crippen LogP contribution is 2.66. The van der Waals surface area contributed by atoms with Gasteiger partial charge in [0, 0.05) is 36.7 Å². The van der Waals surface area contributed by atoms with E-state index in [2.05, 4.69) is 0 Å². The number of nitro benzene ring substituents is 1. The highest BCUT2D eigenvalue weighted by molar-refractivity contribution is 7.58. The molecule has 0 aromatic heterocycles. The van der Waals surface area contributed by atoms with Gasteiger partial charge in [0.25, 0.3) is 5.69 Å². The Labute approximate surface area is 225 Å². The third kappa shape index (κ3) is 7.32. The normalized spacial score (nSPS) is 19.3. The van der Waals surface area contributed by atoms with Crippen LogP contribution >= 0.6 is 7.60 Å². The Morgan fingerprint density at radius 2 is 1.71 bits per heavy atom. The van der Waals surface area contributed by atoms with Gasteiger partial charge < -0.3 is 23.8 Å². The molecule has 1 aromatic carbocycles. The molecule has 0 bridgehead atoms. The van der Waals surface area contributed by atoms with E-state index < -0.39 is 36.6 Å². The average Bonchev–Trinajstić information content (AvgIpc) is 2.87. The Balaban J connectivity index is 2.88. The minimum atomic E-state index is -4.11. The molecule has 3 unspecified atom stereocenters. The number of nitro groups is 1. The van der Waals surface area contributed by atoms with Crippen molar-refractivity contribution in [3.05, 3.63) is 62.2 Å². The molecule has 0 spiro atoms. The summed E-state index contributed by atoms with van der Waals surface area (Å²) >= 11 is 0. The van der Waals surface area contributed by atoms with Gasteiger partial charge in [-0.25, -0.2) is 4.79 Å². The van der Waals surface area contributed by atoms with Crippen LogP contribution in [0.3, 0.4) is 0 Å². The fourth-order valence-corrected chi connectivity index (χ4v) is 7.00. The van der Waals surface area contributed by atoms with Crippen LogP contribution in [0.4, 0.5) is 5.69 Å². The zero-order valence-electron chi connectivity index (χ0n) is 23.4. The van der Waals surface area contributed by atoms with Crippen molar-refractivity contribution in [3.63, 3.8) is 0 Å².